The molecule has 150 valence electrons. The Bertz CT molecular complexity index is 440. The number of rotatable bonds is 4. The van der Waals surface area contributed by atoms with Crippen molar-refractivity contribution in [3.63, 3.8) is 0 Å². The zero-order valence-electron chi connectivity index (χ0n) is 17.6. The third kappa shape index (κ3) is 4.81. The summed E-state index contributed by atoms with van der Waals surface area (Å²) >= 11 is 0. The molecule has 0 spiro atoms. The third-order valence-corrected chi connectivity index (χ3v) is 7.32. The van der Waals surface area contributed by atoms with Crippen LogP contribution in [-0.4, -0.2) is 72.0 Å². The van der Waals surface area contributed by atoms with Crippen LogP contribution in [0.1, 0.15) is 66.2 Å². The number of likely N-dealkylation sites (tertiary alicyclic amines) is 3. The summed E-state index contributed by atoms with van der Waals surface area (Å²) in [6.07, 6.45) is 7.83. The molecule has 0 saturated carbocycles. The highest BCUT2D eigenvalue weighted by molar-refractivity contribution is 5.78. The van der Waals surface area contributed by atoms with E-state index < -0.39 is 0 Å². The second-order valence-corrected chi connectivity index (χ2v) is 9.60. The highest BCUT2D eigenvalue weighted by Crippen LogP contribution is 2.29. The summed E-state index contributed by atoms with van der Waals surface area (Å²) in [5.74, 6) is 2.28. The first-order valence-electron chi connectivity index (χ1n) is 11.2. The molecule has 0 aliphatic carbocycles. The molecule has 0 unspecified atom stereocenters. The molecule has 3 saturated heterocycles. The van der Waals surface area contributed by atoms with Gasteiger partial charge in [-0.2, -0.15) is 0 Å². The second-order valence-electron chi connectivity index (χ2n) is 9.60. The topological polar surface area (TPSA) is 26.8 Å². The molecule has 1 amide bonds. The molecule has 26 heavy (non-hydrogen) atoms. The first kappa shape index (κ1) is 20.1. The summed E-state index contributed by atoms with van der Waals surface area (Å²) < 4.78 is 0. The van der Waals surface area contributed by atoms with Crippen molar-refractivity contribution in [3.05, 3.63) is 0 Å². The molecular weight excluding hydrogens is 322 g/mol. The number of amides is 1. The number of carbonyl (C=O) groups is 1. The Morgan fingerprint density at radius 3 is 1.54 bits per heavy atom. The molecule has 0 aromatic rings. The number of carbonyl (C=O) groups excluding carboxylic acids is 1. The van der Waals surface area contributed by atoms with Gasteiger partial charge in [-0.15, -0.1) is 0 Å². The van der Waals surface area contributed by atoms with E-state index in [2.05, 4.69) is 28.5 Å². The molecule has 0 atom stereocenters. The summed E-state index contributed by atoms with van der Waals surface area (Å²) in [6, 6.07) is 1.53. The monoisotopic (exact) mass is 363 g/mol. The van der Waals surface area contributed by atoms with Crippen LogP contribution < -0.4 is 0 Å². The fraction of sp³-hybridized carbons (Fsp3) is 0.955. The van der Waals surface area contributed by atoms with Crippen molar-refractivity contribution in [2.45, 2.75) is 78.3 Å². The van der Waals surface area contributed by atoms with Crippen molar-refractivity contribution in [3.8, 4) is 0 Å². The SMILES string of the molecule is CC(C)C(=O)N1CCC(N2CCC(N3CCC(C(C)C)CC3)CC2)CC1. The van der Waals surface area contributed by atoms with Crippen molar-refractivity contribution in [2.24, 2.45) is 17.8 Å². The Kier molecular flexibility index (Phi) is 7.01. The minimum absolute atomic E-state index is 0.141. The zero-order valence-corrected chi connectivity index (χ0v) is 17.6. The Balaban J connectivity index is 1.39. The van der Waals surface area contributed by atoms with Gasteiger partial charge >= 0.3 is 0 Å². The van der Waals surface area contributed by atoms with Gasteiger partial charge in [-0.25, -0.2) is 0 Å². The highest BCUT2D eigenvalue weighted by Gasteiger charge is 2.33. The van der Waals surface area contributed by atoms with Gasteiger partial charge < -0.3 is 14.7 Å². The third-order valence-electron chi connectivity index (χ3n) is 7.32. The van der Waals surface area contributed by atoms with Gasteiger partial charge in [-0.05, 0) is 76.5 Å². The van der Waals surface area contributed by atoms with E-state index in [1.807, 2.05) is 13.8 Å². The highest BCUT2D eigenvalue weighted by atomic mass is 16.2. The largest absolute Gasteiger partial charge is 0.342 e. The minimum atomic E-state index is 0.141. The fourth-order valence-electron chi connectivity index (χ4n) is 5.38. The Morgan fingerprint density at radius 1 is 0.692 bits per heavy atom. The Morgan fingerprint density at radius 2 is 1.12 bits per heavy atom. The molecule has 3 heterocycles. The smallest absolute Gasteiger partial charge is 0.225 e. The average molecular weight is 364 g/mol. The van der Waals surface area contributed by atoms with Gasteiger partial charge in [-0.1, -0.05) is 27.7 Å². The first-order valence-corrected chi connectivity index (χ1v) is 11.2. The second kappa shape index (κ2) is 9.05. The van der Waals surface area contributed by atoms with E-state index in [9.17, 15) is 4.79 Å². The Labute approximate surface area is 161 Å². The molecule has 4 nitrogen and oxygen atoms in total. The molecular formula is C22H41N3O. The maximum atomic E-state index is 12.2. The molecule has 3 fully saturated rings. The fourth-order valence-corrected chi connectivity index (χ4v) is 5.38. The predicted octanol–water partition coefficient (Wildman–Crippen LogP) is 3.47. The van der Waals surface area contributed by atoms with Crippen LogP contribution in [0, 0.1) is 17.8 Å². The van der Waals surface area contributed by atoms with E-state index in [4.69, 9.17) is 0 Å². The van der Waals surface area contributed by atoms with E-state index >= 15 is 0 Å². The van der Waals surface area contributed by atoms with E-state index in [0.717, 1.165) is 31.0 Å². The average Bonchev–Trinajstić information content (AvgIpc) is 2.67. The lowest BCUT2D eigenvalue weighted by molar-refractivity contribution is -0.136. The van der Waals surface area contributed by atoms with E-state index in [1.165, 1.54) is 64.7 Å². The molecule has 0 aromatic carbocycles. The van der Waals surface area contributed by atoms with Crippen molar-refractivity contribution in [1.82, 2.24) is 14.7 Å². The zero-order chi connectivity index (χ0) is 18.7. The molecule has 0 N–H and O–H groups in total. The van der Waals surface area contributed by atoms with E-state index in [-0.39, 0.29) is 5.92 Å². The maximum Gasteiger partial charge on any atom is 0.225 e. The van der Waals surface area contributed by atoms with Gasteiger partial charge in [0.25, 0.3) is 0 Å². The van der Waals surface area contributed by atoms with Crippen LogP contribution in [-0.2, 0) is 4.79 Å². The van der Waals surface area contributed by atoms with E-state index in [0.29, 0.717) is 11.9 Å². The van der Waals surface area contributed by atoms with Crippen LogP contribution in [0.3, 0.4) is 0 Å². The van der Waals surface area contributed by atoms with Gasteiger partial charge in [0, 0.05) is 31.1 Å². The van der Waals surface area contributed by atoms with Crippen molar-refractivity contribution < 1.29 is 4.79 Å². The lowest BCUT2D eigenvalue weighted by atomic mass is 9.85. The van der Waals surface area contributed by atoms with Crippen LogP contribution in [0.5, 0.6) is 0 Å². The van der Waals surface area contributed by atoms with Crippen LogP contribution in [0.4, 0.5) is 0 Å². The minimum Gasteiger partial charge on any atom is -0.342 e. The normalized spacial score (nSPS) is 26.2. The lowest BCUT2D eigenvalue weighted by Gasteiger charge is -2.45. The molecule has 3 aliphatic heterocycles. The van der Waals surface area contributed by atoms with Crippen molar-refractivity contribution >= 4 is 5.91 Å². The number of piperidine rings is 3. The van der Waals surface area contributed by atoms with Gasteiger partial charge in [0.05, 0.1) is 0 Å². The Hall–Kier alpha value is -0.610. The van der Waals surface area contributed by atoms with Crippen LogP contribution in [0.2, 0.25) is 0 Å². The van der Waals surface area contributed by atoms with Crippen LogP contribution >= 0.6 is 0 Å². The quantitative estimate of drug-likeness (QED) is 0.765. The summed E-state index contributed by atoms with van der Waals surface area (Å²) in [4.78, 5) is 19.8. The summed E-state index contributed by atoms with van der Waals surface area (Å²) in [7, 11) is 0. The molecule has 3 rings (SSSR count). The van der Waals surface area contributed by atoms with Crippen LogP contribution in [0.15, 0.2) is 0 Å². The van der Waals surface area contributed by atoms with Crippen molar-refractivity contribution in [1.29, 1.82) is 0 Å². The van der Waals surface area contributed by atoms with Gasteiger partial charge in [0.15, 0.2) is 0 Å². The molecule has 0 aromatic heterocycles. The van der Waals surface area contributed by atoms with Gasteiger partial charge in [0.2, 0.25) is 5.91 Å². The summed E-state index contributed by atoms with van der Waals surface area (Å²) in [5.41, 5.74) is 0. The lowest BCUT2D eigenvalue weighted by Crippen LogP contribution is -2.53. The number of hydrogen-bond acceptors (Lipinski definition) is 3. The standard InChI is InChI=1S/C22H41N3O/c1-17(2)19-5-11-23(12-6-19)20-7-13-24(14-8-20)21-9-15-25(16-10-21)22(26)18(3)4/h17-21H,5-16H2,1-4H3. The number of nitrogens with zero attached hydrogens (tertiary/aromatic N) is 3. The molecule has 4 heteroatoms. The number of hydrogen-bond donors (Lipinski definition) is 0. The first-order chi connectivity index (χ1) is 12.5. The van der Waals surface area contributed by atoms with E-state index in [1.54, 1.807) is 0 Å². The van der Waals surface area contributed by atoms with Crippen molar-refractivity contribution in [2.75, 3.05) is 39.3 Å². The summed E-state index contributed by atoms with van der Waals surface area (Å²) in [6.45, 7) is 15.9. The maximum absolute atomic E-state index is 12.2. The summed E-state index contributed by atoms with van der Waals surface area (Å²) in [5, 5.41) is 0. The van der Waals surface area contributed by atoms with Gasteiger partial charge in [-0.3, -0.25) is 4.79 Å². The van der Waals surface area contributed by atoms with Gasteiger partial charge in [0.1, 0.15) is 0 Å². The molecule has 0 bridgehead atoms. The molecule has 0 radical (unpaired) electrons. The van der Waals surface area contributed by atoms with Crippen LogP contribution in [0.25, 0.3) is 0 Å². The molecule has 3 aliphatic rings. The predicted molar refractivity (Wildman–Crippen MR) is 108 cm³/mol.